The number of alkyl halides is 1. The van der Waals surface area contributed by atoms with Crippen LogP contribution < -0.4 is 9.47 Å². The van der Waals surface area contributed by atoms with Crippen LogP contribution in [0.3, 0.4) is 0 Å². The summed E-state index contributed by atoms with van der Waals surface area (Å²) >= 11 is 7.00. The SMILES string of the molecule is BrCc1cccc(OCc2cc(Br)cc3c2OCC3)c1. The zero-order valence-corrected chi connectivity index (χ0v) is 14.0. The summed E-state index contributed by atoms with van der Waals surface area (Å²) in [6, 6.07) is 12.3. The van der Waals surface area contributed by atoms with Crippen LogP contribution in [0, 0.1) is 0 Å². The van der Waals surface area contributed by atoms with E-state index in [1.807, 2.05) is 18.2 Å². The van der Waals surface area contributed by atoms with Crippen molar-refractivity contribution in [3.8, 4) is 11.5 Å². The molecule has 104 valence electrons. The summed E-state index contributed by atoms with van der Waals surface area (Å²) in [5.74, 6) is 1.87. The second-order valence-electron chi connectivity index (χ2n) is 4.72. The highest BCUT2D eigenvalue weighted by molar-refractivity contribution is 9.10. The monoisotopic (exact) mass is 396 g/mol. The van der Waals surface area contributed by atoms with E-state index in [1.54, 1.807) is 0 Å². The van der Waals surface area contributed by atoms with Gasteiger partial charge in [0.2, 0.25) is 0 Å². The van der Waals surface area contributed by atoms with Gasteiger partial charge in [-0.2, -0.15) is 0 Å². The molecule has 2 aromatic rings. The van der Waals surface area contributed by atoms with E-state index in [2.05, 4.69) is 50.1 Å². The van der Waals surface area contributed by atoms with Gasteiger partial charge in [-0.1, -0.05) is 44.0 Å². The minimum Gasteiger partial charge on any atom is -0.493 e. The summed E-state index contributed by atoms with van der Waals surface area (Å²) in [6.07, 6.45) is 0.973. The molecule has 0 bridgehead atoms. The van der Waals surface area contributed by atoms with Crippen LogP contribution in [0.2, 0.25) is 0 Å². The number of benzene rings is 2. The van der Waals surface area contributed by atoms with Crippen molar-refractivity contribution in [2.24, 2.45) is 0 Å². The Morgan fingerprint density at radius 2 is 2.10 bits per heavy atom. The van der Waals surface area contributed by atoms with E-state index in [0.29, 0.717) is 6.61 Å². The maximum atomic E-state index is 5.89. The number of hydrogen-bond acceptors (Lipinski definition) is 2. The van der Waals surface area contributed by atoms with E-state index < -0.39 is 0 Å². The highest BCUT2D eigenvalue weighted by atomic mass is 79.9. The topological polar surface area (TPSA) is 18.5 Å². The molecule has 0 aromatic heterocycles. The van der Waals surface area contributed by atoms with E-state index in [9.17, 15) is 0 Å². The van der Waals surface area contributed by atoms with Crippen LogP contribution in [0.25, 0.3) is 0 Å². The normalized spacial score (nSPS) is 12.9. The first-order valence-corrected chi connectivity index (χ1v) is 8.39. The Labute approximate surface area is 135 Å². The van der Waals surface area contributed by atoms with Crippen molar-refractivity contribution in [1.82, 2.24) is 0 Å². The molecule has 3 rings (SSSR count). The molecule has 0 unspecified atom stereocenters. The number of halogens is 2. The Morgan fingerprint density at radius 1 is 1.20 bits per heavy atom. The van der Waals surface area contributed by atoms with Gasteiger partial charge < -0.3 is 9.47 Å². The fourth-order valence-electron chi connectivity index (χ4n) is 2.33. The molecular formula is C16H14Br2O2. The minimum absolute atomic E-state index is 0.521. The molecular weight excluding hydrogens is 384 g/mol. The molecule has 0 saturated carbocycles. The number of ether oxygens (including phenoxy) is 2. The van der Waals surface area contributed by atoms with Gasteiger partial charge in [-0.15, -0.1) is 0 Å². The molecule has 1 heterocycles. The average molecular weight is 398 g/mol. The first kappa shape index (κ1) is 14.0. The Bertz CT molecular complexity index is 626. The number of rotatable bonds is 4. The zero-order valence-electron chi connectivity index (χ0n) is 10.9. The smallest absolute Gasteiger partial charge is 0.129 e. The maximum Gasteiger partial charge on any atom is 0.129 e. The molecule has 4 heteroatoms. The lowest BCUT2D eigenvalue weighted by Gasteiger charge is -2.11. The van der Waals surface area contributed by atoms with Crippen molar-refractivity contribution >= 4 is 31.9 Å². The largest absolute Gasteiger partial charge is 0.493 e. The van der Waals surface area contributed by atoms with Crippen LogP contribution >= 0.6 is 31.9 Å². The fourth-order valence-corrected chi connectivity index (χ4v) is 3.23. The Kier molecular flexibility index (Phi) is 4.32. The molecule has 0 radical (unpaired) electrons. The molecule has 0 amide bonds. The molecule has 0 atom stereocenters. The lowest BCUT2D eigenvalue weighted by Crippen LogP contribution is -1.99. The van der Waals surface area contributed by atoms with Gasteiger partial charge in [0.25, 0.3) is 0 Å². The number of hydrogen-bond donors (Lipinski definition) is 0. The molecule has 0 N–H and O–H groups in total. The van der Waals surface area contributed by atoms with Crippen molar-refractivity contribution in [3.63, 3.8) is 0 Å². The predicted octanol–water partition coefficient (Wildman–Crippen LogP) is 4.86. The van der Waals surface area contributed by atoms with Crippen molar-refractivity contribution < 1.29 is 9.47 Å². The standard InChI is InChI=1S/C16H14Br2O2/c17-9-11-2-1-3-15(6-11)20-10-13-8-14(18)7-12-4-5-19-16(12)13/h1-3,6-8H,4-5,9-10H2. The van der Waals surface area contributed by atoms with Crippen LogP contribution in [-0.4, -0.2) is 6.61 Å². The summed E-state index contributed by atoms with van der Waals surface area (Å²) in [5.41, 5.74) is 3.56. The average Bonchev–Trinajstić information content (AvgIpc) is 2.93. The lowest BCUT2D eigenvalue weighted by atomic mass is 10.1. The van der Waals surface area contributed by atoms with Gasteiger partial charge in [-0.25, -0.2) is 0 Å². The van der Waals surface area contributed by atoms with Gasteiger partial charge in [0.05, 0.1) is 6.61 Å². The van der Waals surface area contributed by atoms with Crippen molar-refractivity contribution in [3.05, 3.63) is 57.6 Å². The van der Waals surface area contributed by atoms with Crippen LogP contribution in [0.4, 0.5) is 0 Å². The van der Waals surface area contributed by atoms with Gasteiger partial charge in [0.15, 0.2) is 0 Å². The van der Waals surface area contributed by atoms with E-state index in [-0.39, 0.29) is 0 Å². The molecule has 1 aliphatic rings. The first-order valence-electron chi connectivity index (χ1n) is 6.48. The molecule has 0 fully saturated rings. The van der Waals surface area contributed by atoms with Crippen LogP contribution in [-0.2, 0) is 18.4 Å². The van der Waals surface area contributed by atoms with Gasteiger partial charge >= 0.3 is 0 Å². The molecule has 2 nitrogen and oxygen atoms in total. The van der Waals surface area contributed by atoms with Crippen molar-refractivity contribution in [2.75, 3.05) is 6.61 Å². The molecule has 0 saturated heterocycles. The Balaban J connectivity index is 1.78. The summed E-state index contributed by atoms with van der Waals surface area (Å²) in [5, 5.41) is 0.833. The second kappa shape index (κ2) is 6.19. The first-order chi connectivity index (χ1) is 9.76. The van der Waals surface area contributed by atoms with Crippen molar-refractivity contribution in [2.45, 2.75) is 18.4 Å². The third-order valence-corrected chi connectivity index (χ3v) is 4.38. The Morgan fingerprint density at radius 3 is 2.95 bits per heavy atom. The van der Waals surface area contributed by atoms with Crippen LogP contribution in [0.15, 0.2) is 40.9 Å². The second-order valence-corrected chi connectivity index (χ2v) is 6.20. The van der Waals surface area contributed by atoms with E-state index in [1.165, 1.54) is 11.1 Å². The molecule has 20 heavy (non-hydrogen) atoms. The third kappa shape index (κ3) is 3.01. The molecule has 2 aromatic carbocycles. The minimum atomic E-state index is 0.521. The molecule has 1 aliphatic heterocycles. The summed E-state index contributed by atoms with van der Waals surface area (Å²) < 4.78 is 12.7. The van der Waals surface area contributed by atoms with Gasteiger partial charge in [-0.3, -0.25) is 0 Å². The lowest BCUT2D eigenvalue weighted by molar-refractivity contribution is 0.291. The summed E-state index contributed by atoms with van der Waals surface area (Å²) in [6.45, 7) is 1.28. The van der Waals surface area contributed by atoms with Gasteiger partial charge in [0.1, 0.15) is 18.1 Å². The summed E-state index contributed by atoms with van der Waals surface area (Å²) in [7, 11) is 0. The van der Waals surface area contributed by atoms with E-state index in [0.717, 1.165) is 39.9 Å². The van der Waals surface area contributed by atoms with Gasteiger partial charge in [-0.05, 0) is 35.4 Å². The molecule has 0 spiro atoms. The highest BCUT2D eigenvalue weighted by Gasteiger charge is 2.17. The zero-order chi connectivity index (χ0) is 13.9. The maximum absolute atomic E-state index is 5.89. The Hall–Kier alpha value is -1.00. The highest BCUT2D eigenvalue weighted by Crippen LogP contribution is 2.33. The third-order valence-electron chi connectivity index (χ3n) is 3.27. The quantitative estimate of drug-likeness (QED) is 0.686. The fraction of sp³-hybridized carbons (Fsp3) is 0.250. The van der Waals surface area contributed by atoms with Gasteiger partial charge in [0, 0.05) is 21.8 Å². The van der Waals surface area contributed by atoms with Crippen molar-refractivity contribution in [1.29, 1.82) is 0 Å². The number of fused-ring (bicyclic) bond motifs is 1. The summed E-state index contributed by atoms with van der Waals surface area (Å²) in [4.78, 5) is 0. The van der Waals surface area contributed by atoms with Crippen LogP contribution in [0.5, 0.6) is 11.5 Å². The molecule has 0 aliphatic carbocycles. The van der Waals surface area contributed by atoms with E-state index in [4.69, 9.17) is 9.47 Å². The van der Waals surface area contributed by atoms with Crippen LogP contribution in [0.1, 0.15) is 16.7 Å². The van der Waals surface area contributed by atoms with E-state index >= 15 is 0 Å². The predicted molar refractivity (Wildman–Crippen MR) is 86.7 cm³/mol.